The van der Waals surface area contributed by atoms with E-state index in [2.05, 4.69) is 17.3 Å². The lowest BCUT2D eigenvalue weighted by molar-refractivity contribution is -0.121. The van der Waals surface area contributed by atoms with Crippen molar-refractivity contribution in [1.29, 1.82) is 0 Å². The summed E-state index contributed by atoms with van der Waals surface area (Å²) in [5.74, 6) is 0.691. The van der Waals surface area contributed by atoms with E-state index in [0.29, 0.717) is 25.4 Å². The van der Waals surface area contributed by atoms with E-state index >= 15 is 0 Å². The summed E-state index contributed by atoms with van der Waals surface area (Å²) in [4.78, 5) is 11.8. The average Bonchev–Trinajstić information content (AvgIpc) is 2.79. The molecule has 1 aromatic rings. The fraction of sp³-hybridized carbons (Fsp3) is 0.714. The summed E-state index contributed by atoms with van der Waals surface area (Å²) in [6.45, 7) is 3.43. The molecule has 0 fully saturated rings. The van der Waals surface area contributed by atoms with Gasteiger partial charge in [-0.3, -0.25) is 9.48 Å². The number of aromatic nitrogens is 2. The molecule has 0 radical (unpaired) electrons. The zero-order valence-corrected chi connectivity index (χ0v) is 12.1. The number of aryl methyl sites for hydroxylation is 1. The fourth-order valence-corrected chi connectivity index (χ4v) is 2.26. The van der Waals surface area contributed by atoms with Crippen molar-refractivity contribution < 1.29 is 4.79 Å². The second-order valence-electron chi connectivity index (χ2n) is 4.99. The molecule has 0 saturated carbocycles. The molecule has 0 aliphatic rings. The van der Waals surface area contributed by atoms with Gasteiger partial charge in [0.1, 0.15) is 0 Å². The van der Waals surface area contributed by atoms with Gasteiger partial charge in [-0.1, -0.05) is 19.8 Å². The molecule has 0 aromatic carbocycles. The molecule has 1 atom stereocenters. The van der Waals surface area contributed by atoms with Crippen molar-refractivity contribution >= 4 is 5.91 Å². The smallest absolute Gasteiger partial charge is 0.220 e. The molecule has 0 spiro atoms. The quantitative estimate of drug-likeness (QED) is 0.712. The van der Waals surface area contributed by atoms with Crippen molar-refractivity contribution in [2.24, 2.45) is 18.7 Å². The third-order valence-electron chi connectivity index (χ3n) is 3.44. The summed E-state index contributed by atoms with van der Waals surface area (Å²) in [5.41, 5.74) is 6.61. The van der Waals surface area contributed by atoms with Gasteiger partial charge in [0.05, 0.1) is 12.2 Å². The molecule has 1 aromatic heterocycles. The van der Waals surface area contributed by atoms with E-state index < -0.39 is 0 Å². The molecule has 108 valence electrons. The topological polar surface area (TPSA) is 72.9 Å². The van der Waals surface area contributed by atoms with Crippen molar-refractivity contribution in [2.75, 3.05) is 6.54 Å². The van der Waals surface area contributed by atoms with Gasteiger partial charge in [0, 0.05) is 19.7 Å². The van der Waals surface area contributed by atoms with E-state index in [9.17, 15) is 4.79 Å². The Bertz CT molecular complexity index is 369. The molecule has 5 heteroatoms. The van der Waals surface area contributed by atoms with Crippen LogP contribution in [0.15, 0.2) is 12.3 Å². The molecule has 0 saturated heterocycles. The molecule has 1 amide bonds. The average molecular weight is 266 g/mol. The van der Waals surface area contributed by atoms with Crippen LogP contribution in [0.2, 0.25) is 0 Å². The van der Waals surface area contributed by atoms with Crippen LogP contribution in [0.5, 0.6) is 0 Å². The molecule has 1 heterocycles. The van der Waals surface area contributed by atoms with E-state index in [1.807, 2.05) is 13.1 Å². The first-order valence-corrected chi connectivity index (χ1v) is 7.11. The molecule has 19 heavy (non-hydrogen) atoms. The van der Waals surface area contributed by atoms with Crippen molar-refractivity contribution in [1.82, 2.24) is 15.1 Å². The fourth-order valence-electron chi connectivity index (χ4n) is 2.26. The SMILES string of the molecule is CCCC(CCN)CCC(=O)NCc1ccnn1C. The Labute approximate surface area is 115 Å². The third kappa shape index (κ3) is 5.87. The van der Waals surface area contributed by atoms with Crippen LogP contribution in [0, 0.1) is 5.92 Å². The highest BCUT2D eigenvalue weighted by Crippen LogP contribution is 2.16. The van der Waals surface area contributed by atoms with Crippen molar-refractivity contribution in [3.05, 3.63) is 18.0 Å². The predicted octanol–water partition coefficient (Wildman–Crippen LogP) is 1.58. The maximum Gasteiger partial charge on any atom is 0.220 e. The van der Waals surface area contributed by atoms with Gasteiger partial charge in [0.25, 0.3) is 0 Å². The van der Waals surface area contributed by atoms with E-state index in [0.717, 1.165) is 31.4 Å². The van der Waals surface area contributed by atoms with Gasteiger partial charge in [0.2, 0.25) is 5.91 Å². The van der Waals surface area contributed by atoms with Crippen LogP contribution >= 0.6 is 0 Å². The maximum atomic E-state index is 11.8. The highest BCUT2D eigenvalue weighted by atomic mass is 16.1. The normalized spacial score (nSPS) is 12.4. The minimum atomic E-state index is 0.110. The molecular formula is C14H26N4O. The van der Waals surface area contributed by atoms with Crippen LogP contribution in [-0.4, -0.2) is 22.2 Å². The van der Waals surface area contributed by atoms with Crippen LogP contribution in [0.3, 0.4) is 0 Å². The number of rotatable bonds is 9. The molecule has 1 rings (SSSR count). The van der Waals surface area contributed by atoms with Gasteiger partial charge in [-0.15, -0.1) is 0 Å². The standard InChI is InChI=1S/C14H26N4O/c1-3-4-12(7-9-15)5-6-14(19)16-11-13-8-10-17-18(13)2/h8,10,12H,3-7,9,11,15H2,1-2H3,(H,16,19). The Hall–Kier alpha value is -1.36. The van der Waals surface area contributed by atoms with Crippen LogP contribution in [0.25, 0.3) is 0 Å². The molecule has 3 N–H and O–H groups in total. The summed E-state index contributed by atoms with van der Waals surface area (Å²) < 4.78 is 1.77. The lowest BCUT2D eigenvalue weighted by Gasteiger charge is -2.14. The number of nitrogens with zero attached hydrogens (tertiary/aromatic N) is 2. The lowest BCUT2D eigenvalue weighted by atomic mass is 9.94. The van der Waals surface area contributed by atoms with Gasteiger partial charge in [-0.05, 0) is 31.4 Å². The summed E-state index contributed by atoms with van der Waals surface area (Å²) in [6, 6.07) is 1.91. The Morgan fingerprint density at radius 2 is 2.26 bits per heavy atom. The first kappa shape index (κ1) is 15.7. The van der Waals surface area contributed by atoms with E-state index in [1.165, 1.54) is 0 Å². The number of hydrogen-bond donors (Lipinski definition) is 2. The molecule has 0 bridgehead atoms. The molecular weight excluding hydrogens is 240 g/mol. The molecule has 0 aliphatic carbocycles. The predicted molar refractivity (Wildman–Crippen MR) is 76.4 cm³/mol. The van der Waals surface area contributed by atoms with Crippen LogP contribution in [0.1, 0.15) is 44.7 Å². The number of amides is 1. The number of nitrogens with one attached hydrogen (secondary N) is 1. The number of carbonyl (C=O) groups excluding carboxylic acids is 1. The highest BCUT2D eigenvalue weighted by molar-refractivity contribution is 5.75. The maximum absolute atomic E-state index is 11.8. The Morgan fingerprint density at radius 3 is 2.84 bits per heavy atom. The van der Waals surface area contributed by atoms with Crippen molar-refractivity contribution in [2.45, 2.75) is 45.6 Å². The van der Waals surface area contributed by atoms with Crippen molar-refractivity contribution in [3.8, 4) is 0 Å². The van der Waals surface area contributed by atoms with E-state index in [4.69, 9.17) is 5.73 Å². The zero-order chi connectivity index (χ0) is 14.1. The molecule has 0 aliphatic heterocycles. The van der Waals surface area contributed by atoms with Gasteiger partial charge in [-0.2, -0.15) is 5.10 Å². The lowest BCUT2D eigenvalue weighted by Crippen LogP contribution is -2.24. The third-order valence-corrected chi connectivity index (χ3v) is 3.44. The summed E-state index contributed by atoms with van der Waals surface area (Å²) in [5, 5.41) is 7.00. The number of nitrogens with two attached hydrogens (primary N) is 1. The minimum Gasteiger partial charge on any atom is -0.350 e. The Morgan fingerprint density at radius 1 is 1.47 bits per heavy atom. The van der Waals surface area contributed by atoms with Crippen LogP contribution < -0.4 is 11.1 Å². The van der Waals surface area contributed by atoms with E-state index in [1.54, 1.807) is 10.9 Å². The summed E-state index contributed by atoms with van der Waals surface area (Å²) >= 11 is 0. The monoisotopic (exact) mass is 266 g/mol. The van der Waals surface area contributed by atoms with Crippen LogP contribution in [0.4, 0.5) is 0 Å². The second-order valence-corrected chi connectivity index (χ2v) is 4.99. The zero-order valence-electron chi connectivity index (χ0n) is 12.1. The largest absolute Gasteiger partial charge is 0.350 e. The second kappa shape index (κ2) is 8.69. The number of carbonyl (C=O) groups is 1. The van der Waals surface area contributed by atoms with E-state index in [-0.39, 0.29) is 5.91 Å². The van der Waals surface area contributed by atoms with Gasteiger partial charge >= 0.3 is 0 Å². The number of hydrogen-bond acceptors (Lipinski definition) is 3. The van der Waals surface area contributed by atoms with Gasteiger partial charge in [-0.25, -0.2) is 0 Å². The Kier molecular flexibility index (Phi) is 7.18. The Balaban J connectivity index is 2.25. The highest BCUT2D eigenvalue weighted by Gasteiger charge is 2.10. The molecule has 1 unspecified atom stereocenters. The summed E-state index contributed by atoms with van der Waals surface area (Å²) in [7, 11) is 1.88. The van der Waals surface area contributed by atoms with Crippen LogP contribution in [-0.2, 0) is 18.4 Å². The summed E-state index contributed by atoms with van der Waals surface area (Å²) in [6.07, 6.45) is 6.58. The van der Waals surface area contributed by atoms with Gasteiger partial charge in [0.15, 0.2) is 0 Å². The minimum absolute atomic E-state index is 0.110. The first-order valence-electron chi connectivity index (χ1n) is 7.11. The molecule has 5 nitrogen and oxygen atoms in total. The van der Waals surface area contributed by atoms with Crippen molar-refractivity contribution in [3.63, 3.8) is 0 Å². The van der Waals surface area contributed by atoms with Gasteiger partial charge < -0.3 is 11.1 Å². The first-order chi connectivity index (χ1) is 9.17.